The summed E-state index contributed by atoms with van der Waals surface area (Å²) >= 11 is 0. The maximum atomic E-state index is 12.9. The van der Waals surface area contributed by atoms with E-state index in [0.29, 0.717) is 43.6 Å². The third-order valence-electron chi connectivity index (χ3n) is 5.71. The molecule has 0 spiro atoms. The molecule has 0 aliphatic rings. The zero-order chi connectivity index (χ0) is 24.3. The molecule has 0 aromatic heterocycles. The fraction of sp³-hybridized carbons (Fsp3) is 0.286. The van der Waals surface area contributed by atoms with Crippen molar-refractivity contribution in [3.05, 3.63) is 83.9 Å². The highest BCUT2D eigenvalue weighted by Gasteiger charge is 2.13. The number of carboxylic acids is 1. The van der Waals surface area contributed by atoms with Crippen LogP contribution in [-0.4, -0.2) is 35.2 Å². The van der Waals surface area contributed by atoms with Gasteiger partial charge >= 0.3 is 5.97 Å². The molecule has 3 aromatic carbocycles. The Kier molecular flexibility index (Phi) is 9.09. The molecule has 3 aromatic rings. The second-order valence-electron chi connectivity index (χ2n) is 8.34. The second kappa shape index (κ2) is 12.4. The maximum absolute atomic E-state index is 12.9. The lowest BCUT2D eigenvalue weighted by molar-refractivity contribution is -0.141. The standard InChI is InChI=1S/C28H31NO5/c1-20(28(32)33)7-2-3-9-23(27(31)29-18-17-21-13-15-24(30)16-14-21)19-34-26-12-6-10-22-8-4-5-11-25(22)26/h4-6,8-16,20,30H,2-3,7,17-19H2,1H3,(H,29,31)(H,32,33). The SMILES string of the molecule is CC(CCCC=C(COc1cccc2ccccc12)C(=O)NCCc1ccc(O)cc1)C(=O)O. The molecule has 1 atom stereocenters. The van der Waals surface area contributed by atoms with Gasteiger partial charge in [-0.05, 0) is 54.8 Å². The van der Waals surface area contributed by atoms with Gasteiger partial charge in [0.1, 0.15) is 18.1 Å². The third kappa shape index (κ3) is 7.37. The van der Waals surface area contributed by atoms with Crippen LogP contribution < -0.4 is 10.1 Å². The number of hydrogen-bond donors (Lipinski definition) is 3. The molecule has 0 aliphatic carbocycles. The summed E-state index contributed by atoms with van der Waals surface area (Å²) in [6.45, 7) is 2.26. The number of unbranched alkanes of at least 4 members (excludes halogenated alkanes) is 1. The first-order chi connectivity index (χ1) is 16.4. The summed E-state index contributed by atoms with van der Waals surface area (Å²) in [5, 5.41) is 23.5. The minimum atomic E-state index is -0.810. The normalized spacial score (nSPS) is 12.3. The smallest absolute Gasteiger partial charge is 0.306 e. The number of phenols is 1. The lowest BCUT2D eigenvalue weighted by Crippen LogP contribution is -2.29. The van der Waals surface area contributed by atoms with Crippen molar-refractivity contribution in [2.75, 3.05) is 13.2 Å². The molecule has 0 fully saturated rings. The number of hydrogen-bond acceptors (Lipinski definition) is 4. The van der Waals surface area contributed by atoms with E-state index in [1.54, 1.807) is 19.1 Å². The third-order valence-corrected chi connectivity index (χ3v) is 5.71. The van der Waals surface area contributed by atoms with Crippen LogP contribution in [0.1, 0.15) is 31.7 Å². The van der Waals surface area contributed by atoms with E-state index in [9.17, 15) is 14.7 Å². The maximum Gasteiger partial charge on any atom is 0.306 e. The fourth-order valence-corrected chi connectivity index (χ4v) is 3.61. The van der Waals surface area contributed by atoms with E-state index in [1.165, 1.54) is 0 Å². The summed E-state index contributed by atoms with van der Waals surface area (Å²) in [6.07, 6.45) is 4.30. The number of allylic oxidation sites excluding steroid dienone is 1. The molecule has 6 heteroatoms. The number of rotatable bonds is 12. The Morgan fingerprint density at radius 1 is 1.03 bits per heavy atom. The van der Waals surface area contributed by atoms with Crippen molar-refractivity contribution in [2.24, 2.45) is 5.92 Å². The van der Waals surface area contributed by atoms with Crippen LogP contribution in [0.3, 0.4) is 0 Å². The fourth-order valence-electron chi connectivity index (χ4n) is 3.61. The zero-order valence-corrected chi connectivity index (χ0v) is 19.4. The van der Waals surface area contributed by atoms with Crippen LogP contribution >= 0.6 is 0 Å². The van der Waals surface area contributed by atoms with Gasteiger partial charge in [-0.3, -0.25) is 9.59 Å². The molecular formula is C28H31NO5. The number of phenolic OH excluding ortho intramolecular Hbond substituents is 1. The number of fused-ring (bicyclic) bond motifs is 1. The first kappa shape index (κ1) is 24.8. The van der Waals surface area contributed by atoms with Crippen LogP contribution in [0.15, 0.2) is 78.4 Å². The van der Waals surface area contributed by atoms with Crippen LogP contribution in [0.25, 0.3) is 10.8 Å². The Morgan fingerprint density at radius 3 is 2.53 bits per heavy atom. The van der Waals surface area contributed by atoms with E-state index in [-0.39, 0.29) is 18.3 Å². The Bertz CT molecular complexity index is 1130. The zero-order valence-electron chi connectivity index (χ0n) is 19.4. The second-order valence-corrected chi connectivity index (χ2v) is 8.34. The van der Waals surface area contributed by atoms with Crippen LogP contribution in [0.2, 0.25) is 0 Å². The number of carbonyl (C=O) groups excluding carboxylic acids is 1. The van der Waals surface area contributed by atoms with Crippen molar-refractivity contribution in [3.8, 4) is 11.5 Å². The van der Waals surface area contributed by atoms with Crippen molar-refractivity contribution in [3.63, 3.8) is 0 Å². The Hall–Kier alpha value is -3.80. The average molecular weight is 462 g/mol. The highest BCUT2D eigenvalue weighted by molar-refractivity contribution is 5.94. The predicted molar refractivity (Wildman–Crippen MR) is 133 cm³/mol. The van der Waals surface area contributed by atoms with E-state index in [2.05, 4.69) is 5.32 Å². The Labute approximate surface area is 199 Å². The van der Waals surface area contributed by atoms with Crippen LogP contribution in [0.5, 0.6) is 11.5 Å². The van der Waals surface area contributed by atoms with Gasteiger partial charge < -0.3 is 20.3 Å². The number of benzene rings is 3. The molecule has 6 nitrogen and oxygen atoms in total. The number of carboxylic acid groups (broad SMARTS) is 1. The number of aliphatic carboxylic acids is 1. The summed E-state index contributed by atoms with van der Waals surface area (Å²) in [7, 11) is 0. The van der Waals surface area contributed by atoms with Gasteiger partial charge in [-0.1, -0.05) is 61.5 Å². The molecule has 34 heavy (non-hydrogen) atoms. The van der Waals surface area contributed by atoms with Crippen molar-refractivity contribution in [2.45, 2.75) is 32.6 Å². The summed E-state index contributed by atoms with van der Waals surface area (Å²) in [4.78, 5) is 24.0. The Balaban J connectivity index is 1.63. The van der Waals surface area contributed by atoms with Gasteiger partial charge in [0.15, 0.2) is 0 Å². The van der Waals surface area contributed by atoms with Gasteiger partial charge in [-0.25, -0.2) is 0 Å². The number of nitrogens with one attached hydrogen (secondary N) is 1. The van der Waals surface area contributed by atoms with E-state index >= 15 is 0 Å². The summed E-state index contributed by atoms with van der Waals surface area (Å²) in [5.41, 5.74) is 1.53. The van der Waals surface area contributed by atoms with E-state index < -0.39 is 11.9 Å². The molecule has 1 unspecified atom stereocenters. The molecule has 0 aliphatic heterocycles. The van der Waals surface area contributed by atoms with Gasteiger partial charge in [-0.2, -0.15) is 0 Å². The molecule has 3 rings (SSSR count). The van der Waals surface area contributed by atoms with E-state index in [4.69, 9.17) is 9.84 Å². The first-order valence-electron chi connectivity index (χ1n) is 11.5. The van der Waals surface area contributed by atoms with Crippen molar-refractivity contribution >= 4 is 22.6 Å². The molecular weight excluding hydrogens is 430 g/mol. The van der Waals surface area contributed by atoms with Gasteiger partial charge in [0.2, 0.25) is 5.91 Å². The van der Waals surface area contributed by atoms with Crippen molar-refractivity contribution in [1.29, 1.82) is 0 Å². The quantitative estimate of drug-likeness (QED) is 0.258. The van der Waals surface area contributed by atoms with Crippen LogP contribution in [0.4, 0.5) is 0 Å². The number of amides is 1. The summed E-state index contributed by atoms with van der Waals surface area (Å²) < 4.78 is 6.05. The molecule has 0 bridgehead atoms. The van der Waals surface area contributed by atoms with Gasteiger partial charge in [0.05, 0.1) is 11.5 Å². The minimum absolute atomic E-state index is 0.119. The highest BCUT2D eigenvalue weighted by Crippen LogP contribution is 2.25. The average Bonchev–Trinajstić information content (AvgIpc) is 2.84. The lowest BCUT2D eigenvalue weighted by Gasteiger charge is -2.13. The van der Waals surface area contributed by atoms with Crippen LogP contribution in [-0.2, 0) is 16.0 Å². The van der Waals surface area contributed by atoms with E-state index in [1.807, 2.05) is 60.7 Å². The largest absolute Gasteiger partial charge is 0.508 e. The molecule has 0 heterocycles. The molecule has 0 saturated carbocycles. The first-order valence-corrected chi connectivity index (χ1v) is 11.5. The molecule has 178 valence electrons. The van der Waals surface area contributed by atoms with Gasteiger partial charge in [0.25, 0.3) is 0 Å². The minimum Gasteiger partial charge on any atom is -0.508 e. The summed E-state index contributed by atoms with van der Waals surface area (Å²) in [5.74, 6) is -0.509. The predicted octanol–water partition coefficient (Wildman–Crippen LogP) is 5.10. The topological polar surface area (TPSA) is 95.9 Å². The molecule has 1 amide bonds. The van der Waals surface area contributed by atoms with Gasteiger partial charge in [-0.15, -0.1) is 0 Å². The van der Waals surface area contributed by atoms with Crippen molar-refractivity contribution in [1.82, 2.24) is 5.32 Å². The number of carbonyl (C=O) groups is 2. The number of aromatic hydroxyl groups is 1. The lowest BCUT2D eigenvalue weighted by atomic mass is 10.0. The van der Waals surface area contributed by atoms with E-state index in [0.717, 1.165) is 16.3 Å². The summed E-state index contributed by atoms with van der Waals surface area (Å²) in [6, 6.07) is 20.6. The highest BCUT2D eigenvalue weighted by atomic mass is 16.5. The molecule has 0 radical (unpaired) electrons. The Morgan fingerprint density at radius 2 is 1.76 bits per heavy atom. The number of ether oxygens (including phenoxy) is 1. The molecule has 0 saturated heterocycles. The molecule has 3 N–H and O–H groups in total. The monoisotopic (exact) mass is 461 g/mol. The van der Waals surface area contributed by atoms with Gasteiger partial charge in [0, 0.05) is 11.9 Å². The van der Waals surface area contributed by atoms with Crippen LogP contribution in [0, 0.1) is 5.92 Å². The van der Waals surface area contributed by atoms with Crippen molar-refractivity contribution < 1.29 is 24.5 Å².